The molecule has 1 aromatic carbocycles. The van der Waals surface area contributed by atoms with Gasteiger partial charge in [0.15, 0.2) is 0 Å². The van der Waals surface area contributed by atoms with Crippen LogP contribution in [0.2, 0.25) is 0 Å². The fourth-order valence-corrected chi connectivity index (χ4v) is 2.05. The highest BCUT2D eigenvalue weighted by atomic mass is 16.5. The molecule has 0 amide bonds. The van der Waals surface area contributed by atoms with Crippen molar-refractivity contribution in [3.8, 4) is 0 Å². The van der Waals surface area contributed by atoms with Crippen LogP contribution in [-0.2, 0) is 24.3 Å². The van der Waals surface area contributed by atoms with Gasteiger partial charge in [0.2, 0.25) is 6.54 Å². The maximum atomic E-state index is 11.3. The molecule has 88 valence electrons. The lowest BCUT2D eigenvalue weighted by atomic mass is 10.2. The zero-order valence-electron chi connectivity index (χ0n) is 9.26. The molecule has 1 aliphatic rings. The predicted octanol–water partition coefficient (Wildman–Crippen LogP) is 0.397. The van der Waals surface area contributed by atoms with Crippen LogP contribution in [0.5, 0.6) is 0 Å². The molecule has 1 unspecified atom stereocenters. The quantitative estimate of drug-likeness (QED) is 0.780. The van der Waals surface area contributed by atoms with Gasteiger partial charge in [-0.1, -0.05) is 35.0 Å². The Bertz CT molecular complexity index is 559. The van der Waals surface area contributed by atoms with Gasteiger partial charge in [0.05, 0.1) is 13.0 Å². The third kappa shape index (κ3) is 2.01. The fourth-order valence-electron chi connectivity index (χ4n) is 2.05. The van der Waals surface area contributed by atoms with Gasteiger partial charge in [-0.3, -0.25) is 4.52 Å². The zero-order valence-corrected chi connectivity index (χ0v) is 9.26. The first-order valence-corrected chi connectivity index (χ1v) is 5.58. The van der Waals surface area contributed by atoms with E-state index in [1.54, 1.807) is 4.68 Å². The van der Waals surface area contributed by atoms with Crippen LogP contribution in [0.4, 0.5) is 0 Å². The number of fused-ring (bicyclic) bond motifs is 1. The van der Waals surface area contributed by atoms with Crippen LogP contribution in [0.3, 0.4) is 0 Å². The number of nitrogens with zero attached hydrogens (tertiary/aromatic N) is 1. The molecule has 0 saturated heterocycles. The summed E-state index contributed by atoms with van der Waals surface area (Å²) in [5.41, 5.74) is 1.50. The van der Waals surface area contributed by atoms with Gasteiger partial charge in [-0.25, -0.2) is 4.79 Å². The molecule has 0 radical (unpaired) electrons. The first-order valence-electron chi connectivity index (χ1n) is 5.58. The number of ether oxygens (including phenoxy) is 1. The van der Waals surface area contributed by atoms with E-state index in [9.17, 15) is 4.79 Å². The Morgan fingerprint density at radius 1 is 1.41 bits per heavy atom. The average molecular weight is 233 g/mol. The standard InChI is InChI=1S/C12H12N2O3/c15-12-11-6-10(7-14(11)13-17-12)16-8-9-4-2-1-3-5-9/h1-5,10H,6-8H2/p+1. The smallest absolute Gasteiger partial charge is 0.366 e. The van der Waals surface area contributed by atoms with E-state index in [0.29, 0.717) is 25.3 Å². The van der Waals surface area contributed by atoms with Gasteiger partial charge in [-0.2, -0.15) is 0 Å². The largest absolute Gasteiger partial charge is 0.430 e. The normalized spacial score (nSPS) is 18.2. The van der Waals surface area contributed by atoms with Crippen LogP contribution in [0.1, 0.15) is 11.3 Å². The minimum Gasteiger partial charge on any atom is -0.366 e. The lowest BCUT2D eigenvalue weighted by Crippen LogP contribution is -2.37. The van der Waals surface area contributed by atoms with Crippen molar-refractivity contribution in [3.05, 3.63) is 52.0 Å². The van der Waals surface area contributed by atoms with Crippen molar-refractivity contribution in [1.29, 1.82) is 0 Å². The first-order chi connectivity index (χ1) is 8.33. The molecule has 0 saturated carbocycles. The number of nitrogens with one attached hydrogen (secondary N) is 1. The molecular formula is C12H13N2O3+. The van der Waals surface area contributed by atoms with Crippen molar-refractivity contribution in [2.75, 3.05) is 0 Å². The number of aromatic nitrogens is 2. The van der Waals surface area contributed by atoms with E-state index in [4.69, 9.17) is 4.74 Å². The van der Waals surface area contributed by atoms with Crippen LogP contribution in [0.15, 0.2) is 39.6 Å². The third-order valence-electron chi connectivity index (χ3n) is 2.95. The zero-order chi connectivity index (χ0) is 11.7. The highest BCUT2D eigenvalue weighted by molar-refractivity contribution is 5.13. The van der Waals surface area contributed by atoms with E-state index in [1.807, 2.05) is 30.3 Å². The molecule has 17 heavy (non-hydrogen) atoms. The van der Waals surface area contributed by atoms with Crippen LogP contribution in [0, 0.1) is 0 Å². The molecule has 1 aliphatic heterocycles. The van der Waals surface area contributed by atoms with Crippen molar-refractivity contribution in [3.63, 3.8) is 0 Å². The van der Waals surface area contributed by atoms with Gasteiger partial charge in [0, 0.05) is 0 Å². The maximum absolute atomic E-state index is 11.3. The van der Waals surface area contributed by atoms with Crippen LogP contribution < -0.4 is 10.3 Å². The number of benzene rings is 1. The lowest BCUT2D eigenvalue weighted by Gasteiger charge is -2.07. The Morgan fingerprint density at radius 3 is 3.00 bits per heavy atom. The molecule has 0 fully saturated rings. The second-order valence-corrected chi connectivity index (χ2v) is 4.16. The van der Waals surface area contributed by atoms with Crippen LogP contribution in [0.25, 0.3) is 0 Å². The molecule has 1 aromatic heterocycles. The molecule has 2 heterocycles. The van der Waals surface area contributed by atoms with E-state index in [-0.39, 0.29) is 11.7 Å². The highest BCUT2D eigenvalue weighted by Crippen LogP contribution is 2.09. The Hall–Kier alpha value is -1.88. The minimum absolute atomic E-state index is 0.0468. The average Bonchev–Trinajstić information content (AvgIpc) is 2.91. The van der Waals surface area contributed by atoms with Gasteiger partial charge in [0.1, 0.15) is 6.10 Å². The van der Waals surface area contributed by atoms with Crippen LogP contribution in [-0.4, -0.2) is 11.4 Å². The second-order valence-electron chi connectivity index (χ2n) is 4.16. The topological polar surface area (TPSA) is 59.1 Å². The maximum Gasteiger partial charge on any atom is 0.430 e. The van der Waals surface area contributed by atoms with Crippen molar-refractivity contribution in [2.45, 2.75) is 25.7 Å². The SMILES string of the molecule is O=c1o[nH][n+]2c1CC(OCc1ccccc1)C2. The molecule has 1 atom stereocenters. The second kappa shape index (κ2) is 4.18. The number of aromatic amines is 1. The summed E-state index contributed by atoms with van der Waals surface area (Å²) in [5, 5.41) is 2.56. The van der Waals surface area contributed by atoms with E-state index in [1.165, 1.54) is 0 Å². The van der Waals surface area contributed by atoms with E-state index >= 15 is 0 Å². The van der Waals surface area contributed by atoms with E-state index in [2.05, 4.69) is 9.79 Å². The molecule has 3 rings (SSSR count). The van der Waals surface area contributed by atoms with Crippen molar-refractivity contribution in [2.24, 2.45) is 0 Å². The molecule has 0 bridgehead atoms. The number of H-pyrrole nitrogens is 1. The monoisotopic (exact) mass is 233 g/mol. The molecule has 0 aliphatic carbocycles. The van der Waals surface area contributed by atoms with E-state index in [0.717, 1.165) is 5.56 Å². The number of hydrogen-bond acceptors (Lipinski definition) is 3. The molecule has 2 aromatic rings. The van der Waals surface area contributed by atoms with Crippen molar-refractivity contribution >= 4 is 0 Å². The fraction of sp³-hybridized carbons (Fsp3) is 0.333. The molecular weight excluding hydrogens is 220 g/mol. The Kier molecular flexibility index (Phi) is 2.53. The van der Waals surface area contributed by atoms with E-state index < -0.39 is 0 Å². The molecule has 5 nitrogen and oxygen atoms in total. The Morgan fingerprint density at radius 2 is 2.24 bits per heavy atom. The summed E-state index contributed by atoms with van der Waals surface area (Å²) < 4.78 is 12.1. The van der Waals surface area contributed by atoms with Gasteiger partial charge in [0.25, 0.3) is 5.69 Å². The van der Waals surface area contributed by atoms with Gasteiger partial charge >= 0.3 is 5.63 Å². The summed E-state index contributed by atoms with van der Waals surface area (Å²) in [7, 11) is 0. The summed E-state index contributed by atoms with van der Waals surface area (Å²) in [6.45, 7) is 1.22. The molecule has 1 N–H and O–H groups in total. The Balaban J connectivity index is 1.61. The minimum atomic E-state index is -0.296. The summed E-state index contributed by atoms with van der Waals surface area (Å²) in [6, 6.07) is 9.99. The third-order valence-corrected chi connectivity index (χ3v) is 2.95. The summed E-state index contributed by atoms with van der Waals surface area (Å²) in [6.07, 6.45) is 0.657. The molecule has 5 heteroatoms. The number of rotatable bonds is 3. The summed E-state index contributed by atoms with van der Waals surface area (Å²) in [5.74, 6) is 0. The highest BCUT2D eigenvalue weighted by Gasteiger charge is 2.35. The lowest BCUT2D eigenvalue weighted by molar-refractivity contribution is -0.760. The van der Waals surface area contributed by atoms with Gasteiger partial charge in [-0.15, -0.1) is 0 Å². The van der Waals surface area contributed by atoms with Crippen molar-refractivity contribution in [1.82, 2.24) is 5.27 Å². The number of hydrogen-bond donors (Lipinski definition) is 1. The first kappa shape index (κ1) is 10.3. The van der Waals surface area contributed by atoms with Crippen LogP contribution >= 0.6 is 0 Å². The van der Waals surface area contributed by atoms with Gasteiger partial charge in [-0.05, 0) is 10.8 Å². The summed E-state index contributed by atoms with van der Waals surface area (Å²) in [4.78, 5) is 11.3. The molecule has 0 spiro atoms. The Labute approximate surface area is 97.6 Å². The summed E-state index contributed by atoms with van der Waals surface area (Å²) >= 11 is 0. The van der Waals surface area contributed by atoms with Crippen molar-refractivity contribution < 1.29 is 13.9 Å². The van der Waals surface area contributed by atoms with Gasteiger partial charge < -0.3 is 4.74 Å². The predicted molar refractivity (Wildman–Crippen MR) is 58.2 cm³/mol.